The van der Waals surface area contributed by atoms with Gasteiger partial charge in [0.1, 0.15) is 5.82 Å². The summed E-state index contributed by atoms with van der Waals surface area (Å²) in [5, 5.41) is 0. The summed E-state index contributed by atoms with van der Waals surface area (Å²) in [6.07, 6.45) is 2.57. The zero-order valence-corrected chi connectivity index (χ0v) is 7.52. The third-order valence-corrected chi connectivity index (χ3v) is 2.56. The Hall–Kier alpha value is -0.850. The number of halogens is 1. The van der Waals surface area contributed by atoms with Crippen LogP contribution in [0.5, 0.6) is 0 Å². The van der Waals surface area contributed by atoms with Crippen molar-refractivity contribution in [2.24, 2.45) is 0 Å². The van der Waals surface area contributed by atoms with Crippen molar-refractivity contribution in [3.8, 4) is 0 Å². The Balaban J connectivity index is 2.47. The molecule has 1 aromatic carbocycles. The summed E-state index contributed by atoms with van der Waals surface area (Å²) in [6.45, 7) is 3.83. The highest BCUT2D eigenvalue weighted by molar-refractivity contribution is 5.36. The minimum atomic E-state index is -0.0723. The van der Waals surface area contributed by atoms with Gasteiger partial charge in [0.25, 0.3) is 0 Å². The van der Waals surface area contributed by atoms with Gasteiger partial charge in [-0.25, -0.2) is 4.39 Å². The van der Waals surface area contributed by atoms with Crippen molar-refractivity contribution in [2.45, 2.75) is 32.6 Å². The molecule has 0 unspecified atom stereocenters. The fraction of sp³-hybridized carbons (Fsp3) is 0.455. The van der Waals surface area contributed by atoms with Gasteiger partial charge in [-0.1, -0.05) is 6.07 Å². The van der Waals surface area contributed by atoms with Crippen LogP contribution in [0, 0.1) is 19.7 Å². The Morgan fingerprint density at radius 3 is 2.42 bits per heavy atom. The van der Waals surface area contributed by atoms with E-state index in [0.717, 1.165) is 17.0 Å². The molecule has 0 N–H and O–H groups in total. The second-order valence-corrected chi connectivity index (χ2v) is 3.73. The number of hydrogen-bond donors (Lipinski definition) is 0. The first-order valence-electron chi connectivity index (χ1n) is 4.45. The molecule has 0 spiro atoms. The van der Waals surface area contributed by atoms with Crippen LogP contribution in [0.15, 0.2) is 12.1 Å². The molecule has 1 aliphatic carbocycles. The third-order valence-electron chi connectivity index (χ3n) is 2.56. The molecule has 0 atom stereocenters. The zero-order valence-electron chi connectivity index (χ0n) is 7.52. The van der Waals surface area contributed by atoms with Gasteiger partial charge in [-0.2, -0.15) is 0 Å². The molecule has 64 valence electrons. The first-order valence-corrected chi connectivity index (χ1v) is 4.45. The van der Waals surface area contributed by atoms with Crippen LogP contribution in [0.1, 0.15) is 35.4 Å². The number of hydrogen-bond acceptors (Lipinski definition) is 0. The molecular formula is C11H13F. The zero-order chi connectivity index (χ0) is 8.72. The average molecular weight is 164 g/mol. The van der Waals surface area contributed by atoms with Crippen LogP contribution in [0.2, 0.25) is 0 Å². The summed E-state index contributed by atoms with van der Waals surface area (Å²) >= 11 is 0. The molecular weight excluding hydrogens is 151 g/mol. The minimum Gasteiger partial charge on any atom is -0.207 e. The van der Waals surface area contributed by atoms with Crippen molar-refractivity contribution < 1.29 is 4.39 Å². The fourth-order valence-electron chi connectivity index (χ4n) is 1.64. The van der Waals surface area contributed by atoms with Gasteiger partial charge in [-0.15, -0.1) is 0 Å². The second-order valence-electron chi connectivity index (χ2n) is 3.73. The van der Waals surface area contributed by atoms with Crippen LogP contribution in [0.25, 0.3) is 0 Å². The highest BCUT2D eigenvalue weighted by Gasteiger charge is 2.25. The minimum absolute atomic E-state index is 0.0723. The summed E-state index contributed by atoms with van der Waals surface area (Å²) in [7, 11) is 0. The molecule has 2 rings (SSSR count). The maximum absolute atomic E-state index is 13.0. The Kier molecular flexibility index (Phi) is 1.67. The average Bonchev–Trinajstić information content (AvgIpc) is 2.79. The quantitative estimate of drug-likeness (QED) is 0.597. The maximum atomic E-state index is 13.0. The van der Waals surface area contributed by atoms with Crippen LogP contribution in [-0.2, 0) is 0 Å². The Bertz CT molecular complexity index is 311. The lowest BCUT2D eigenvalue weighted by Crippen LogP contribution is -1.91. The number of aryl methyl sites for hydroxylation is 2. The predicted octanol–water partition coefficient (Wildman–Crippen LogP) is 3.32. The molecule has 0 heterocycles. The van der Waals surface area contributed by atoms with Crippen LogP contribution in [0.4, 0.5) is 4.39 Å². The largest absolute Gasteiger partial charge is 0.207 e. The van der Waals surface area contributed by atoms with E-state index in [0.29, 0.717) is 0 Å². The van der Waals surface area contributed by atoms with E-state index in [9.17, 15) is 4.39 Å². The van der Waals surface area contributed by atoms with E-state index < -0.39 is 0 Å². The Labute approximate surface area is 72.4 Å². The van der Waals surface area contributed by atoms with E-state index in [1.54, 1.807) is 6.07 Å². The topological polar surface area (TPSA) is 0 Å². The molecule has 1 fully saturated rings. The summed E-state index contributed by atoms with van der Waals surface area (Å²) in [5.41, 5.74) is 3.25. The van der Waals surface area contributed by atoms with E-state index in [4.69, 9.17) is 0 Å². The first-order chi connectivity index (χ1) is 5.68. The van der Waals surface area contributed by atoms with E-state index in [1.165, 1.54) is 18.4 Å². The first kappa shape index (κ1) is 7.78. The molecule has 1 aromatic rings. The summed E-state index contributed by atoms with van der Waals surface area (Å²) < 4.78 is 13.0. The Morgan fingerprint density at radius 2 is 1.83 bits per heavy atom. The molecule has 1 heteroatoms. The highest BCUT2D eigenvalue weighted by Crippen LogP contribution is 2.42. The van der Waals surface area contributed by atoms with E-state index in [2.05, 4.69) is 0 Å². The van der Waals surface area contributed by atoms with Gasteiger partial charge >= 0.3 is 0 Å². The smallest absolute Gasteiger partial charge is 0.126 e. The molecule has 1 saturated carbocycles. The molecule has 12 heavy (non-hydrogen) atoms. The summed E-state index contributed by atoms with van der Waals surface area (Å²) in [6, 6.07) is 3.66. The maximum Gasteiger partial charge on any atom is 0.126 e. The van der Waals surface area contributed by atoms with Crippen molar-refractivity contribution >= 4 is 0 Å². The van der Waals surface area contributed by atoms with Crippen molar-refractivity contribution in [3.05, 3.63) is 34.6 Å². The highest BCUT2D eigenvalue weighted by atomic mass is 19.1. The normalized spacial score (nSPS) is 16.6. The van der Waals surface area contributed by atoms with Crippen LogP contribution in [0.3, 0.4) is 0 Å². The summed E-state index contributed by atoms with van der Waals surface area (Å²) in [5.74, 6) is 0.654. The molecule has 0 saturated heterocycles. The van der Waals surface area contributed by atoms with E-state index >= 15 is 0 Å². The van der Waals surface area contributed by atoms with Crippen LogP contribution in [-0.4, -0.2) is 0 Å². The molecule has 0 aliphatic heterocycles. The van der Waals surface area contributed by atoms with Crippen molar-refractivity contribution in [3.63, 3.8) is 0 Å². The fourth-order valence-corrected chi connectivity index (χ4v) is 1.64. The van der Waals surface area contributed by atoms with E-state index in [1.807, 2.05) is 19.9 Å². The second kappa shape index (κ2) is 2.58. The third kappa shape index (κ3) is 1.24. The van der Waals surface area contributed by atoms with Gasteiger partial charge in [0, 0.05) is 0 Å². The monoisotopic (exact) mass is 164 g/mol. The molecule has 0 amide bonds. The molecule has 0 radical (unpaired) electrons. The standard InChI is InChI=1S/C11H13F/c1-7-6-11(12)8(2)5-10(7)9-3-4-9/h5-6,9H,3-4H2,1-2H3. The van der Waals surface area contributed by atoms with Gasteiger partial charge in [-0.05, 0) is 55.4 Å². The van der Waals surface area contributed by atoms with Gasteiger partial charge in [0.2, 0.25) is 0 Å². The lowest BCUT2D eigenvalue weighted by atomic mass is 10.0. The van der Waals surface area contributed by atoms with Crippen LogP contribution >= 0.6 is 0 Å². The number of rotatable bonds is 1. The van der Waals surface area contributed by atoms with Gasteiger partial charge in [0.05, 0.1) is 0 Å². The van der Waals surface area contributed by atoms with Gasteiger partial charge < -0.3 is 0 Å². The van der Waals surface area contributed by atoms with E-state index in [-0.39, 0.29) is 5.82 Å². The van der Waals surface area contributed by atoms with Crippen molar-refractivity contribution in [2.75, 3.05) is 0 Å². The lowest BCUT2D eigenvalue weighted by Gasteiger charge is -2.05. The summed E-state index contributed by atoms with van der Waals surface area (Å²) in [4.78, 5) is 0. The van der Waals surface area contributed by atoms with Crippen molar-refractivity contribution in [1.29, 1.82) is 0 Å². The SMILES string of the molecule is Cc1cc(C2CC2)c(C)cc1F. The molecule has 0 bridgehead atoms. The predicted molar refractivity (Wildman–Crippen MR) is 47.8 cm³/mol. The lowest BCUT2D eigenvalue weighted by molar-refractivity contribution is 0.616. The Morgan fingerprint density at radius 1 is 1.17 bits per heavy atom. The van der Waals surface area contributed by atoms with Crippen molar-refractivity contribution in [1.82, 2.24) is 0 Å². The molecule has 1 aliphatic rings. The van der Waals surface area contributed by atoms with Gasteiger partial charge in [-0.3, -0.25) is 0 Å². The molecule has 0 nitrogen and oxygen atoms in total. The molecule has 0 aromatic heterocycles. The van der Waals surface area contributed by atoms with Crippen LogP contribution < -0.4 is 0 Å². The van der Waals surface area contributed by atoms with Gasteiger partial charge in [0.15, 0.2) is 0 Å². The number of benzene rings is 1.